The van der Waals surface area contributed by atoms with E-state index in [1.807, 2.05) is 25.1 Å². The predicted octanol–water partition coefficient (Wildman–Crippen LogP) is 2.46. The zero-order valence-electron chi connectivity index (χ0n) is 17.4. The van der Waals surface area contributed by atoms with Gasteiger partial charge in [-0.1, -0.05) is 12.1 Å². The Kier molecular flexibility index (Phi) is 13.7. The molecular weight excluding hydrogens is 464 g/mol. The van der Waals surface area contributed by atoms with Gasteiger partial charge in [0.25, 0.3) is 0 Å². The lowest BCUT2D eigenvalue weighted by atomic mass is 9.97. The summed E-state index contributed by atoms with van der Waals surface area (Å²) in [4.78, 5) is 16.7. The predicted molar refractivity (Wildman–Crippen MR) is 130 cm³/mol. The van der Waals surface area contributed by atoms with Crippen molar-refractivity contribution in [2.45, 2.75) is 25.8 Å². The van der Waals surface area contributed by atoms with E-state index in [0.717, 1.165) is 36.3 Å². The first-order chi connectivity index (χ1) is 13.5. The number of carbonyl (C=O) groups is 1. The Hall–Kier alpha value is -1.64. The lowest BCUT2D eigenvalue weighted by molar-refractivity contribution is -0.121. The lowest BCUT2D eigenvalue weighted by Crippen LogP contribution is -2.45. The molecule has 31 heavy (non-hydrogen) atoms. The standard InChI is InChI=1S/C21H28FN5O.3ClH/c1-14-7-18(26-20(23)8-14)10-16-11-25-12-19(16)27-21(28)13-24-6-5-15-3-2-4-17(22)9-15;;;/h2-4,7-9,16,19,24-25H,5-6,10-13H2,1H3,(H2,23,26)(H,27,28);3*1H. The van der Waals surface area contributed by atoms with Gasteiger partial charge < -0.3 is 21.7 Å². The summed E-state index contributed by atoms with van der Waals surface area (Å²) in [6, 6.07) is 10.5. The van der Waals surface area contributed by atoms with Gasteiger partial charge in [0, 0.05) is 24.8 Å². The number of nitrogen functional groups attached to an aromatic ring is 1. The maximum atomic E-state index is 13.2. The van der Waals surface area contributed by atoms with E-state index in [0.29, 0.717) is 18.8 Å². The molecule has 1 aliphatic heterocycles. The molecule has 3 rings (SSSR count). The quantitative estimate of drug-likeness (QED) is 0.423. The van der Waals surface area contributed by atoms with Gasteiger partial charge in [-0.15, -0.1) is 37.2 Å². The van der Waals surface area contributed by atoms with Crippen LogP contribution in [-0.2, 0) is 17.6 Å². The number of pyridine rings is 1. The summed E-state index contributed by atoms with van der Waals surface area (Å²) in [7, 11) is 0. The number of carbonyl (C=O) groups excluding carboxylic acids is 1. The molecule has 2 unspecified atom stereocenters. The Morgan fingerprint density at radius 2 is 2.00 bits per heavy atom. The molecule has 1 saturated heterocycles. The van der Waals surface area contributed by atoms with E-state index in [4.69, 9.17) is 5.73 Å². The lowest BCUT2D eigenvalue weighted by Gasteiger charge is -2.20. The molecule has 1 aliphatic rings. The van der Waals surface area contributed by atoms with E-state index in [2.05, 4.69) is 20.9 Å². The zero-order chi connectivity index (χ0) is 19.9. The zero-order valence-corrected chi connectivity index (χ0v) is 19.8. The summed E-state index contributed by atoms with van der Waals surface area (Å²) in [5, 5.41) is 9.57. The third-order valence-corrected chi connectivity index (χ3v) is 4.97. The third kappa shape index (κ3) is 9.58. The van der Waals surface area contributed by atoms with Crippen molar-refractivity contribution in [2.75, 3.05) is 31.9 Å². The van der Waals surface area contributed by atoms with E-state index in [1.165, 1.54) is 12.1 Å². The third-order valence-electron chi connectivity index (χ3n) is 4.97. The van der Waals surface area contributed by atoms with Gasteiger partial charge in [-0.25, -0.2) is 9.37 Å². The summed E-state index contributed by atoms with van der Waals surface area (Å²) < 4.78 is 13.2. The van der Waals surface area contributed by atoms with Crippen LogP contribution in [0.25, 0.3) is 0 Å². The number of nitrogens with one attached hydrogen (secondary N) is 3. The van der Waals surface area contributed by atoms with Crippen LogP contribution in [0.4, 0.5) is 10.2 Å². The number of aromatic nitrogens is 1. The Morgan fingerprint density at radius 1 is 1.23 bits per heavy atom. The number of benzene rings is 1. The molecule has 2 atom stereocenters. The fourth-order valence-corrected chi connectivity index (χ4v) is 3.64. The first-order valence-corrected chi connectivity index (χ1v) is 9.68. The summed E-state index contributed by atoms with van der Waals surface area (Å²) in [6.07, 6.45) is 1.45. The van der Waals surface area contributed by atoms with Gasteiger partial charge >= 0.3 is 0 Å². The minimum atomic E-state index is -0.236. The highest BCUT2D eigenvalue weighted by Gasteiger charge is 2.28. The van der Waals surface area contributed by atoms with E-state index >= 15 is 0 Å². The molecule has 5 N–H and O–H groups in total. The molecule has 1 amide bonds. The second-order valence-electron chi connectivity index (χ2n) is 7.41. The SMILES string of the molecule is Cc1cc(N)nc(CC2CNCC2NC(=O)CNCCc2cccc(F)c2)c1.Cl.Cl.Cl. The number of rotatable bonds is 8. The number of aryl methyl sites for hydroxylation is 1. The van der Waals surface area contributed by atoms with E-state index in [1.54, 1.807) is 6.07 Å². The number of amides is 1. The molecule has 1 aromatic carbocycles. The molecule has 2 aromatic rings. The van der Waals surface area contributed by atoms with Crippen LogP contribution in [0.5, 0.6) is 0 Å². The number of hydrogen-bond donors (Lipinski definition) is 4. The molecule has 0 saturated carbocycles. The van der Waals surface area contributed by atoms with Crippen LogP contribution < -0.4 is 21.7 Å². The number of halogens is 4. The molecular formula is C21H31Cl3FN5O. The Morgan fingerprint density at radius 3 is 2.71 bits per heavy atom. The highest BCUT2D eigenvalue weighted by Crippen LogP contribution is 2.17. The van der Waals surface area contributed by atoms with Crippen molar-refractivity contribution in [3.63, 3.8) is 0 Å². The minimum Gasteiger partial charge on any atom is -0.384 e. The largest absolute Gasteiger partial charge is 0.384 e. The summed E-state index contributed by atoms with van der Waals surface area (Å²) in [5.41, 5.74) is 8.81. The topological polar surface area (TPSA) is 92.1 Å². The first kappa shape index (κ1) is 29.4. The average molecular weight is 495 g/mol. The van der Waals surface area contributed by atoms with Gasteiger partial charge in [-0.2, -0.15) is 0 Å². The molecule has 10 heteroatoms. The fourth-order valence-electron chi connectivity index (χ4n) is 3.64. The highest BCUT2D eigenvalue weighted by molar-refractivity contribution is 5.86. The molecule has 0 spiro atoms. The van der Waals surface area contributed by atoms with Crippen LogP contribution in [0.15, 0.2) is 36.4 Å². The monoisotopic (exact) mass is 493 g/mol. The van der Waals surface area contributed by atoms with E-state index in [9.17, 15) is 9.18 Å². The molecule has 1 fully saturated rings. The van der Waals surface area contributed by atoms with Crippen LogP contribution >= 0.6 is 37.2 Å². The van der Waals surface area contributed by atoms with Crippen LogP contribution in [-0.4, -0.2) is 43.1 Å². The molecule has 174 valence electrons. The first-order valence-electron chi connectivity index (χ1n) is 9.68. The molecule has 1 aromatic heterocycles. The molecule has 0 bridgehead atoms. The normalized spacial score (nSPS) is 17.1. The molecule has 0 radical (unpaired) electrons. The van der Waals surface area contributed by atoms with Crippen LogP contribution in [0.2, 0.25) is 0 Å². The van der Waals surface area contributed by atoms with Crippen LogP contribution in [0, 0.1) is 18.7 Å². The number of anilines is 1. The Bertz CT molecular complexity index is 807. The smallest absolute Gasteiger partial charge is 0.234 e. The number of nitrogens with zero attached hydrogens (tertiary/aromatic N) is 1. The van der Waals surface area contributed by atoms with Gasteiger partial charge in [0.1, 0.15) is 11.6 Å². The van der Waals surface area contributed by atoms with Gasteiger partial charge in [-0.3, -0.25) is 4.79 Å². The van der Waals surface area contributed by atoms with Gasteiger partial charge in [0.2, 0.25) is 5.91 Å². The van der Waals surface area contributed by atoms with Crippen molar-refractivity contribution in [3.05, 3.63) is 59.0 Å². The molecule has 0 aliphatic carbocycles. The van der Waals surface area contributed by atoms with Gasteiger partial charge in [-0.05, 0) is 67.6 Å². The van der Waals surface area contributed by atoms with Crippen molar-refractivity contribution in [1.82, 2.24) is 20.9 Å². The fraction of sp³-hybridized carbons (Fsp3) is 0.429. The minimum absolute atomic E-state index is 0. The maximum Gasteiger partial charge on any atom is 0.234 e. The van der Waals surface area contributed by atoms with Crippen molar-refractivity contribution in [1.29, 1.82) is 0 Å². The Balaban J connectivity index is 0.00000300. The van der Waals surface area contributed by atoms with Crippen molar-refractivity contribution in [2.24, 2.45) is 5.92 Å². The second kappa shape index (κ2) is 14.4. The highest BCUT2D eigenvalue weighted by atomic mass is 35.5. The van der Waals surface area contributed by atoms with Crippen LogP contribution in [0.1, 0.15) is 16.8 Å². The number of nitrogens with two attached hydrogens (primary N) is 1. The maximum absolute atomic E-state index is 13.2. The van der Waals surface area contributed by atoms with Gasteiger partial charge in [0.05, 0.1) is 6.54 Å². The van der Waals surface area contributed by atoms with Gasteiger partial charge in [0.15, 0.2) is 0 Å². The molecule has 6 nitrogen and oxygen atoms in total. The van der Waals surface area contributed by atoms with Crippen molar-refractivity contribution in [3.8, 4) is 0 Å². The summed E-state index contributed by atoms with van der Waals surface area (Å²) in [5.74, 6) is 0.545. The summed E-state index contributed by atoms with van der Waals surface area (Å²) >= 11 is 0. The Labute approximate surface area is 201 Å². The molecule has 2 heterocycles. The average Bonchev–Trinajstić information content (AvgIpc) is 3.04. The summed E-state index contributed by atoms with van der Waals surface area (Å²) in [6.45, 7) is 4.46. The number of hydrogen-bond acceptors (Lipinski definition) is 5. The van der Waals surface area contributed by atoms with Crippen molar-refractivity contribution < 1.29 is 9.18 Å². The van der Waals surface area contributed by atoms with Crippen LogP contribution in [0.3, 0.4) is 0 Å². The van der Waals surface area contributed by atoms with E-state index < -0.39 is 0 Å². The van der Waals surface area contributed by atoms with E-state index in [-0.39, 0.29) is 67.5 Å². The second-order valence-corrected chi connectivity index (χ2v) is 7.41. The van der Waals surface area contributed by atoms with Crippen molar-refractivity contribution >= 4 is 48.9 Å².